The van der Waals surface area contributed by atoms with E-state index in [4.69, 9.17) is 4.74 Å². The van der Waals surface area contributed by atoms with Gasteiger partial charge in [-0.2, -0.15) is 0 Å². The van der Waals surface area contributed by atoms with E-state index in [-0.39, 0.29) is 23.3 Å². The van der Waals surface area contributed by atoms with Crippen LogP contribution in [0.5, 0.6) is 0 Å². The molecule has 0 bridgehead atoms. The minimum absolute atomic E-state index is 0.0326. The molecule has 1 amide bonds. The molecular weight excluding hydrogens is 178 g/mol. The Bertz CT molecular complexity index is 283. The van der Waals surface area contributed by atoms with Crippen LogP contribution in [0.4, 0.5) is 0 Å². The summed E-state index contributed by atoms with van der Waals surface area (Å²) >= 11 is 0. The van der Waals surface area contributed by atoms with Crippen LogP contribution in [0.2, 0.25) is 0 Å². The Balaban J connectivity index is 2.41. The first-order chi connectivity index (χ1) is 6.28. The van der Waals surface area contributed by atoms with Crippen molar-refractivity contribution in [1.29, 1.82) is 0 Å². The Labute approximate surface area is 85.4 Å². The number of carbonyl (C=O) groups excluding carboxylic acids is 1. The summed E-state index contributed by atoms with van der Waals surface area (Å²) < 4.78 is 5.67. The highest BCUT2D eigenvalue weighted by Gasteiger charge is 2.59. The molecule has 0 radical (unpaired) electrons. The van der Waals surface area contributed by atoms with E-state index in [0.29, 0.717) is 6.61 Å². The second-order valence-corrected chi connectivity index (χ2v) is 5.52. The first kappa shape index (κ1) is 9.97. The molecule has 2 rings (SSSR count). The lowest BCUT2D eigenvalue weighted by Crippen LogP contribution is -2.44. The molecule has 3 heteroatoms. The highest BCUT2D eigenvalue weighted by Crippen LogP contribution is 2.48. The Morgan fingerprint density at radius 1 is 1.36 bits per heavy atom. The van der Waals surface area contributed by atoms with Crippen molar-refractivity contribution in [2.75, 3.05) is 6.61 Å². The van der Waals surface area contributed by atoms with E-state index in [2.05, 4.69) is 13.8 Å². The third-order valence-electron chi connectivity index (χ3n) is 4.07. The van der Waals surface area contributed by atoms with Crippen LogP contribution in [0.15, 0.2) is 0 Å². The summed E-state index contributed by atoms with van der Waals surface area (Å²) in [6, 6.07) is 0.250. The minimum Gasteiger partial charge on any atom is -0.354 e. The van der Waals surface area contributed by atoms with Crippen LogP contribution in [0.3, 0.4) is 0 Å². The zero-order valence-electron chi connectivity index (χ0n) is 9.63. The third kappa shape index (κ3) is 0.991. The van der Waals surface area contributed by atoms with Gasteiger partial charge in [0.05, 0.1) is 12.6 Å². The van der Waals surface area contributed by atoms with Crippen LogP contribution in [0.1, 0.15) is 34.6 Å². The van der Waals surface area contributed by atoms with Gasteiger partial charge in [-0.15, -0.1) is 0 Å². The molecule has 14 heavy (non-hydrogen) atoms. The number of nitrogens with zero attached hydrogens (tertiary/aromatic N) is 1. The molecule has 0 saturated carbocycles. The van der Waals surface area contributed by atoms with E-state index >= 15 is 0 Å². The summed E-state index contributed by atoms with van der Waals surface area (Å²) in [7, 11) is 0. The molecular formula is C11H19NO2. The maximum atomic E-state index is 12.1. The van der Waals surface area contributed by atoms with Gasteiger partial charge >= 0.3 is 0 Å². The number of rotatable bonds is 0. The van der Waals surface area contributed by atoms with Gasteiger partial charge in [-0.05, 0) is 19.3 Å². The Hall–Kier alpha value is -0.570. The average Bonchev–Trinajstić information content (AvgIpc) is 2.45. The first-order valence-electron chi connectivity index (χ1n) is 5.25. The second-order valence-electron chi connectivity index (χ2n) is 5.52. The fourth-order valence-electron chi connectivity index (χ4n) is 2.58. The van der Waals surface area contributed by atoms with Crippen LogP contribution in [0, 0.1) is 11.3 Å². The smallest absolute Gasteiger partial charge is 0.228 e. The summed E-state index contributed by atoms with van der Waals surface area (Å²) in [4.78, 5) is 14.0. The van der Waals surface area contributed by atoms with Crippen LogP contribution < -0.4 is 0 Å². The van der Waals surface area contributed by atoms with Gasteiger partial charge in [-0.1, -0.05) is 20.8 Å². The standard InChI is InChI=1S/C11H19NO2/c1-7-9(13)12-8(10(7,2)3)6-14-11(12,4)5/h7-8H,6H2,1-5H3/t7?,8-/m1/s1. The maximum absolute atomic E-state index is 12.1. The molecule has 1 unspecified atom stereocenters. The van der Waals surface area contributed by atoms with Crippen LogP contribution in [-0.2, 0) is 9.53 Å². The van der Waals surface area contributed by atoms with E-state index in [1.807, 2.05) is 25.7 Å². The molecule has 0 N–H and O–H groups in total. The molecule has 3 nitrogen and oxygen atoms in total. The monoisotopic (exact) mass is 197 g/mol. The maximum Gasteiger partial charge on any atom is 0.228 e. The largest absolute Gasteiger partial charge is 0.354 e. The molecule has 80 valence electrons. The SMILES string of the molecule is CC1C(=O)N2[C@H](COC2(C)C)C1(C)C. The molecule has 2 atom stereocenters. The van der Waals surface area contributed by atoms with Crippen LogP contribution in [-0.4, -0.2) is 29.2 Å². The van der Waals surface area contributed by atoms with E-state index in [1.54, 1.807) is 0 Å². The van der Waals surface area contributed by atoms with Gasteiger partial charge < -0.3 is 9.64 Å². The number of hydrogen-bond acceptors (Lipinski definition) is 2. The lowest BCUT2D eigenvalue weighted by Gasteiger charge is -2.31. The number of fused-ring (bicyclic) bond motifs is 1. The zero-order valence-corrected chi connectivity index (χ0v) is 9.63. The molecule has 2 aliphatic rings. The van der Waals surface area contributed by atoms with E-state index in [0.717, 1.165) is 0 Å². The van der Waals surface area contributed by atoms with Crippen LogP contribution >= 0.6 is 0 Å². The molecule has 0 spiro atoms. The van der Waals surface area contributed by atoms with Gasteiger partial charge in [0.25, 0.3) is 0 Å². The van der Waals surface area contributed by atoms with Crippen molar-refractivity contribution in [2.24, 2.45) is 11.3 Å². The normalized spacial score (nSPS) is 38.9. The van der Waals surface area contributed by atoms with Crippen molar-refractivity contribution in [3.63, 3.8) is 0 Å². The highest BCUT2D eigenvalue weighted by molar-refractivity contribution is 5.83. The second kappa shape index (κ2) is 2.51. The summed E-state index contributed by atoms with van der Waals surface area (Å²) in [5, 5.41) is 0. The summed E-state index contributed by atoms with van der Waals surface area (Å²) in [6.45, 7) is 11.0. The zero-order chi connectivity index (χ0) is 10.7. The lowest BCUT2D eigenvalue weighted by atomic mass is 9.78. The molecule has 0 aromatic carbocycles. The van der Waals surface area contributed by atoms with Gasteiger partial charge in [-0.25, -0.2) is 0 Å². The lowest BCUT2D eigenvalue weighted by molar-refractivity contribution is -0.144. The molecule has 0 aliphatic carbocycles. The van der Waals surface area contributed by atoms with Gasteiger partial charge in [0.2, 0.25) is 5.91 Å². The molecule has 2 fully saturated rings. The first-order valence-corrected chi connectivity index (χ1v) is 5.25. The minimum atomic E-state index is -0.413. The highest BCUT2D eigenvalue weighted by atomic mass is 16.5. The Morgan fingerprint density at radius 3 is 2.43 bits per heavy atom. The van der Waals surface area contributed by atoms with Crippen molar-refractivity contribution in [1.82, 2.24) is 4.90 Å². The third-order valence-corrected chi connectivity index (χ3v) is 4.07. The molecule has 2 aliphatic heterocycles. The van der Waals surface area contributed by atoms with E-state index in [9.17, 15) is 4.79 Å². The van der Waals surface area contributed by atoms with Crippen LogP contribution in [0.25, 0.3) is 0 Å². The summed E-state index contributed by atoms with van der Waals surface area (Å²) in [5.41, 5.74) is -0.380. The number of carbonyl (C=O) groups is 1. The molecule has 2 heterocycles. The van der Waals surface area contributed by atoms with Gasteiger partial charge in [0, 0.05) is 5.92 Å². The van der Waals surface area contributed by atoms with E-state index < -0.39 is 5.72 Å². The van der Waals surface area contributed by atoms with Crippen molar-refractivity contribution in [3.8, 4) is 0 Å². The quantitative estimate of drug-likeness (QED) is 0.590. The molecule has 0 aromatic heterocycles. The number of amides is 1. The molecule has 0 aromatic rings. The average molecular weight is 197 g/mol. The Morgan fingerprint density at radius 2 is 1.93 bits per heavy atom. The summed E-state index contributed by atoms with van der Waals surface area (Å²) in [6.07, 6.45) is 0. The number of hydrogen-bond donors (Lipinski definition) is 0. The van der Waals surface area contributed by atoms with Gasteiger partial charge in [-0.3, -0.25) is 4.79 Å². The fourth-order valence-corrected chi connectivity index (χ4v) is 2.58. The fraction of sp³-hybridized carbons (Fsp3) is 0.909. The molecule has 2 saturated heterocycles. The van der Waals surface area contributed by atoms with Gasteiger partial charge in [0.15, 0.2) is 0 Å². The van der Waals surface area contributed by atoms with E-state index in [1.165, 1.54) is 0 Å². The van der Waals surface area contributed by atoms with Crippen molar-refractivity contribution < 1.29 is 9.53 Å². The predicted octanol–water partition coefficient (Wildman–Crippen LogP) is 1.63. The van der Waals surface area contributed by atoms with Crippen molar-refractivity contribution in [2.45, 2.75) is 46.4 Å². The summed E-state index contributed by atoms with van der Waals surface area (Å²) in [5.74, 6) is 0.346. The predicted molar refractivity (Wildman–Crippen MR) is 53.6 cm³/mol. The van der Waals surface area contributed by atoms with Crippen molar-refractivity contribution in [3.05, 3.63) is 0 Å². The van der Waals surface area contributed by atoms with Crippen molar-refractivity contribution >= 4 is 5.91 Å². The Kier molecular flexibility index (Phi) is 1.79. The topological polar surface area (TPSA) is 29.5 Å². The van der Waals surface area contributed by atoms with Gasteiger partial charge in [0.1, 0.15) is 5.72 Å². The number of ether oxygens (including phenoxy) is 1.